The molecule has 7 heteroatoms. The van der Waals surface area contributed by atoms with Gasteiger partial charge in [-0.2, -0.15) is 0 Å². The molecule has 2 aromatic carbocycles. The number of rotatable bonds is 6. The predicted molar refractivity (Wildman–Crippen MR) is 149 cm³/mol. The maximum Gasteiger partial charge on any atom is 0.225 e. The van der Waals surface area contributed by atoms with Gasteiger partial charge in [0.1, 0.15) is 11.6 Å². The summed E-state index contributed by atoms with van der Waals surface area (Å²) in [5, 5.41) is 4.66. The van der Waals surface area contributed by atoms with Gasteiger partial charge < -0.3 is 20.7 Å². The number of aromatic nitrogens is 2. The molecule has 1 saturated carbocycles. The van der Waals surface area contributed by atoms with Crippen LogP contribution in [0.5, 0.6) is 0 Å². The highest BCUT2D eigenvalue weighted by Gasteiger charge is 2.32. The number of ether oxygens (including phenoxy) is 1. The molecule has 1 aliphatic heterocycles. The number of likely N-dealkylation sites (N-methyl/N-ethyl adjacent to an activating group) is 1. The fourth-order valence-corrected chi connectivity index (χ4v) is 5.98. The number of aryl methyl sites for hydroxylation is 2. The quantitative estimate of drug-likeness (QED) is 0.432. The van der Waals surface area contributed by atoms with E-state index in [4.69, 9.17) is 20.4 Å². The molecule has 1 saturated heterocycles. The Hall–Kier alpha value is -3.19. The molecule has 2 atom stereocenters. The Morgan fingerprint density at radius 2 is 1.86 bits per heavy atom. The third kappa shape index (κ3) is 5.57. The van der Waals surface area contributed by atoms with E-state index < -0.39 is 0 Å². The van der Waals surface area contributed by atoms with Crippen LogP contribution in [0.25, 0.3) is 10.9 Å². The van der Waals surface area contributed by atoms with E-state index in [0.717, 1.165) is 78.1 Å². The molecule has 1 aliphatic carbocycles. The molecule has 0 spiro atoms. The van der Waals surface area contributed by atoms with Crippen molar-refractivity contribution in [3.05, 3.63) is 58.9 Å². The molecule has 37 heavy (non-hydrogen) atoms. The predicted octanol–water partition coefficient (Wildman–Crippen LogP) is 5.52. The summed E-state index contributed by atoms with van der Waals surface area (Å²) in [5.74, 6) is 2.44. The fraction of sp³-hybridized carbons (Fsp3) is 0.500. The number of nitrogen functional groups attached to an aromatic ring is 1. The average molecular weight is 502 g/mol. The number of anilines is 2. The number of nitrogens with zero attached hydrogens (tertiary/aromatic N) is 3. The van der Waals surface area contributed by atoms with Gasteiger partial charge in [0.25, 0.3) is 0 Å². The standard InChI is InChI=1S/C30H39N5O2/c1-18-13-24(15-25(31)14-18)19(2)32-29-27-16-23(9-10-28(27)33-20(3)34-29)21-5-7-22(8-6-21)30(36)35(4)26-11-12-37-17-26/h9-10,13-16,19,21-22,26H,5-8,11-12,17,31H2,1-4H3,(H,32,33,34)/t19-,21?,22?,26+/m1/s1. The molecule has 1 aromatic heterocycles. The van der Waals surface area contributed by atoms with Gasteiger partial charge in [-0.3, -0.25) is 4.79 Å². The van der Waals surface area contributed by atoms with Crippen LogP contribution in [0, 0.1) is 19.8 Å². The molecule has 2 fully saturated rings. The van der Waals surface area contributed by atoms with Crippen molar-refractivity contribution in [3.63, 3.8) is 0 Å². The molecule has 7 nitrogen and oxygen atoms in total. The van der Waals surface area contributed by atoms with Gasteiger partial charge in [0, 0.05) is 30.6 Å². The van der Waals surface area contributed by atoms with Crippen LogP contribution in [-0.4, -0.2) is 47.1 Å². The van der Waals surface area contributed by atoms with Gasteiger partial charge >= 0.3 is 0 Å². The largest absolute Gasteiger partial charge is 0.399 e. The van der Waals surface area contributed by atoms with E-state index in [0.29, 0.717) is 12.5 Å². The van der Waals surface area contributed by atoms with E-state index in [1.807, 2.05) is 31.0 Å². The average Bonchev–Trinajstić information content (AvgIpc) is 3.42. The number of fused-ring (bicyclic) bond motifs is 1. The van der Waals surface area contributed by atoms with Gasteiger partial charge in [0.2, 0.25) is 5.91 Å². The van der Waals surface area contributed by atoms with Crippen molar-refractivity contribution < 1.29 is 9.53 Å². The van der Waals surface area contributed by atoms with Crippen LogP contribution in [0.4, 0.5) is 11.5 Å². The molecule has 196 valence electrons. The number of carbonyl (C=O) groups excluding carboxylic acids is 1. The zero-order valence-corrected chi connectivity index (χ0v) is 22.5. The number of amides is 1. The molecule has 0 radical (unpaired) electrons. The normalized spacial score (nSPS) is 22.6. The van der Waals surface area contributed by atoms with Crippen molar-refractivity contribution in [1.82, 2.24) is 14.9 Å². The first-order chi connectivity index (χ1) is 17.8. The number of hydrogen-bond donors (Lipinski definition) is 2. The summed E-state index contributed by atoms with van der Waals surface area (Å²) in [5.41, 5.74) is 11.4. The van der Waals surface area contributed by atoms with Crippen molar-refractivity contribution in [3.8, 4) is 0 Å². The molecule has 3 N–H and O–H groups in total. The van der Waals surface area contributed by atoms with Crippen LogP contribution in [-0.2, 0) is 9.53 Å². The number of nitrogens with two attached hydrogens (primary N) is 1. The molecule has 0 bridgehead atoms. The lowest BCUT2D eigenvalue weighted by Crippen LogP contribution is -2.41. The van der Waals surface area contributed by atoms with Gasteiger partial charge in [0.15, 0.2) is 0 Å². The number of hydrogen-bond acceptors (Lipinski definition) is 6. The van der Waals surface area contributed by atoms with Crippen molar-refractivity contribution in [2.24, 2.45) is 5.92 Å². The maximum absolute atomic E-state index is 13.1. The molecule has 5 rings (SSSR count). The van der Waals surface area contributed by atoms with Crippen LogP contribution in [0.2, 0.25) is 0 Å². The van der Waals surface area contributed by atoms with E-state index in [1.54, 1.807) is 0 Å². The molecule has 2 heterocycles. The van der Waals surface area contributed by atoms with Crippen LogP contribution >= 0.6 is 0 Å². The first-order valence-electron chi connectivity index (χ1n) is 13.5. The van der Waals surface area contributed by atoms with Crippen LogP contribution < -0.4 is 11.1 Å². The first-order valence-corrected chi connectivity index (χ1v) is 13.5. The van der Waals surface area contributed by atoms with Crippen LogP contribution in [0.15, 0.2) is 36.4 Å². The van der Waals surface area contributed by atoms with Gasteiger partial charge in [-0.05, 0) is 99.7 Å². The molecule has 2 aliphatic rings. The highest BCUT2D eigenvalue weighted by molar-refractivity contribution is 5.90. The zero-order valence-electron chi connectivity index (χ0n) is 22.5. The minimum atomic E-state index is 0.0482. The monoisotopic (exact) mass is 501 g/mol. The van der Waals surface area contributed by atoms with E-state index in [2.05, 4.69) is 43.4 Å². The topological polar surface area (TPSA) is 93.4 Å². The van der Waals surface area contributed by atoms with Crippen LogP contribution in [0.3, 0.4) is 0 Å². The van der Waals surface area contributed by atoms with E-state index >= 15 is 0 Å². The lowest BCUT2D eigenvalue weighted by Gasteiger charge is -2.33. The molecule has 0 unspecified atom stereocenters. The Balaban J connectivity index is 1.32. The lowest BCUT2D eigenvalue weighted by molar-refractivity contribution is -0.137. The molecule has 1 amide bonds. The number of nitrogens with one attached hydrogen (secondary N) is 1. The smallest absolute Gasteiger partial charge is 0.225 e. The summed E-state index contributed by atoms with van der Waals surface area (Å²) in [6.07, 6.45) is 4.85. The second kappa shape index (κ2) is 10.7. The highest BCUT2D eigenvalue weighted by Crippen LogP contribution is 2.38. The second-order valence-corrected chi connectivity index (χ2v) is 11.0. The maximum atomic E-state index is 13.1. The Morgan fingerprint density at radius 3 is 2.57 bits per heavy atom. The first kappa shape index (κ1) is 25.5. The number of benzene rings is 2. The third-order valence-electron chi connectivity index (χ3n) is 8.16. The van der Waals surface area contributed by atoms with Crippen molar-refractivity contribution in [2.45, 2.75) is 70.9 Å². The van der Waals surface area contributed by atoms with Crippen molar-refractivity contribution >= 4 is 28.3 Å². The minimum absolute atomic E-state index is 0.0482. The minimum Gasteiger partial charge on any atom is -0.399 e. The van der Waals surface area contributed by atoms with E-state index in [-0.39, 0.29) is 23.9 Å². The van der Waals surface area contributed by atoms with Gasteiger partial charge in [-0.15, -0.1) is 0 Å². The molecule has 3 aromatic rings. The van der Waals surface area contributed by atoms with Crippen molar-refractivity contribution in [2.75, 3.05) is 31.3 Å². The zero-order chi connectivity index (χ0) is 26.1. The van der Waals surface area contributed by atoms with Crippen molar-refractivity contribution in [1.29, 1.82) is 0 Å². The van der Waals surface area contributed by atoms with E-state index in [9.17, 15) is 4.79 Å². The molecular weight excluding hydrogens is 462 g/mol. The Bertz CT molecular complexity index is 1260. The Morgan fingerprint density at radius 1 is 1.08 bits per heavy atom. The summed E-state index contributed by atoms with van der Waals surface area (Å²) >= 11 is 0. The van der Waals surface area contributed by atoms with E-state index in [1.165, 1.54) is 5.56 Å². The SMILES string of the molecule is Cc1cc(N)cc([C@@H](C)Nc2nc(C)nc3ccc(C4CCC(C(=O)N(C)[C@H]5CCOC5)CC4)cc23)c1. The van der Waals surface area contributed by atoms with Gasteiger partial charge in [0.05, 0.1) is 24.2 Å². The summed E-state index contributed by atoms with van der Waals surface area (Å²) in [6.45, 7) is 7.55. The summed E-state index contributed by atoms with van der Waals surface area (Å²) in [7, 11) is 1.94. The van der Waals surface area contributed by atoms with Gasteiger partial charge in [-0.25, -0.2) is 9.97 Å². The molecular formula is C30H39N5O2. The van der Waals surface area contributed by atoms with Crippen LogP contribution in [0.1, 0.15) is 73.5 Å². The summed E-state index contributed by atoms with van der Waals surface area (Å²) < 4.78 is 5.49. The fourth-order valence-electron chi connectivity index (χ4n) is 5.98. The Labute approximate surface area is 219 Å². The Kier molecular flexibility index (Phi) is 7.33. The third-order valence-corrected chi connectivity index (χ3v) is 8.16. The van der Waals surface area contributed by atoms with Gasteiger partial charge in [-0.1, -0.05) is 12.1 Å². The number of carbonyl (C=O) groups is 1. The summed E-state index contributed by atoms with van der Waals surface area (Å²) in [6, 6.07) is 13.0. The summed E-state index contributed by atoms with van der Waals surface area (Å²) in [4.78, 5) is 24.5. The lowest BCUT2D eigenvalue weighted by atomic mass is 9.78. The second-order valence-electron chi connectivity index (χ2n) is 11.0. The highest BCUT2D eigenvalue weighted by atomic mass is 16.5.